The molecule has 0 N–H and O–H groups in total. The first kappa shape index (κ1) is 21.9. The van der Waals surface area contributed by atoms with Crippen molar-refractivity contribution in [2.45, 2.75) is 38.2 Å². The van der Waals surface area contributed by atoms with Gasteiger partial charge in [0.2, 0.25) is 5.95 Å². The van der Waals surface area contributed by atoms with Crippen LogP contribution in [0.1, 0.15) is 37.7 Å². The Morgan fingerprint density at radius 2 is 2.07 bits per heavy atom. The Bertz CT molecular complexity index is 861. The number of ether oxygens (including phenoxy) is 1. The number of hydrogen-bond acceptors (Lipinski definition) is 6. The zero-order valence-electron chi connectivity index (χ0n) is 17.6. The van der Waals surface area contributed by atoms with Crippen LogP contribution in [0.3, 0.4) is 0 Å². The lowest BCUT2D eigenvalue weighted by Crippen LogP contribution is -2.27. The smallest absolute Gasteiger partial charge is 0.226 e. The van der Waals surface area contributed by atoms with Crippen molar-refractivity contribution in [1.82, 2.24) is 9.97 Å². The number of ketones is 1. The highest BCUT2D eigenvalue weighted by Gasteiger charge is 2.27. The van der Waals surface area contributed by atoms with Crippen molar-refractivity contribution in [3.05, 3.63) is 41.8 Å². The highest BCUT2D eigenvalue weighted by molar-refractivity contribution is 5.85. The molecule has 1 aromatic carbocycles. The molecule has 0 spiro atoms. The van der Waals surface area contributed by atoms with Gasteiger partial charge in [0.25, 0.3) is 0 Å². The molecular formula is C22H28F2N4O2. The van der Waals surface area contributed by atoms with Crippen molar-refractivity contribution in [2.24, 2.45) is 0 Å². The van der Waals surface area contributed by atoms with Gasteiger partial charge < -0.3 is 14.5 Å². The van der Waals surface area contributed by atoms with Crippen LogP contribution in [0.4, 0.5) is 20.5 Å². The molecule has 1 fully saturated rings. The fourth-order valence-corrected chi connectivity index (χ4v) is 3.47. The molecule has 3 rings (SSSR count). The summed E-state index contributed by atoms with van der Waals surface area (Å²) >= 11 is 0. The number of rotatable bonds is 9. The maximum Gasteiger partial charge on any atom is 0.226 e. The second-order valence-corrected chi connectivity index (χ2v) is 7.76. The van der Waals surface area contributed by atoms with Gasteiger partial charge >= 0.3 is 0 Å². The molecule has 1 aliphatic rings. The summed E-state index contributed by atoms with van der Waals surface area (Å²) in [7, 11) is 3.62. The van der Waals surface area contributed by atoms with E-state index >= 15 is 0 Å². The largest absolute Gasteiger partial charge is 0.489 e. The number of carbonyl (C=O) groups excluding carboxylic acids is 1. The van der Waals surface area contributed by atoms with E-state index < -0.39 is 12.5 Å². The molecule has 0 bridgehead atoms. The molecule has 8 heteroatoms. The Kier molecular flexibility index (Phi) is 7.18. The molecule has 0 radical (unpaired) electrons. The monoisotopic (exact) mass is 418 g/mol. The normalized spacial score (nSPS) is 17.1. The van der Waals surface area contributed by atoms with E-state index in [9.17, 15) is 13.6 Å². The maximum atomic E-state index is 14.2. The summed E-state index contributed by atoms with van der Waals surface area (Å²) in [6.45, 7) is 2.53. The van der Waals surface area contributed by atoms with E-state index in [0.29, 0.717) is 24.8 Å². The minimum absolute atomic E-state index is 0.0386. The minimum atomic E-state index is -0.473. The lowest BCUT2D eigenvalue weighted by Gasteiger charge is -2.20. The van der Waals surface area contributed by atoms with E-state index in [-0.39, 0.29) is 36.5 Å². The predicted octanol–water partition coefficient (Wildman–Crippen LogP) is 3.76. The molecule has 2 aromatic rings. The van der Waals surface area contributed by atoms with Gasteiger partial charge in [-0.15, -0.1) is 0 Å². The second-order valence-electron chi connectivity index (χ2n) is 7.76. The van der Waals surface area contributed by atoms with Gasteiger partial charge in [0.05, 0.1) is 19.4 Å². The summed E-state index contributed by atoms with van der Waals surface area (Å²) in [4.78, 5) is 24.0. The molecular weight excluding hydrogens is 390 g/mol. The summed E-state index contributed by atoms with van der Waals surface area (Å²) in [6.07, 6.45) is 2.38. The number of nitrogens with zero attached hydrogens (tertiary/aromatic N) is 4. The number of benzene rings is 1. The van der Waals surface area contributed by atoms with Crippen molar-refractivity contribution in [3.63, 3.8) is 0 Å². The molecule has 2 atom stereocenters. The SMILES string of the molecule is CC(C(=O)CCCF)c1ccc(OC2CCN(c3nc(N(C)C)ncc3F)C2)cc1. The van der Waals surface area contributed by atoms with Gasteiger partial charge in [-0.3, -0.25) is 9.18 Å². The van der Waals surface area contributed by atoms with E-state index in [1.165, 1.54) is 6.20 Å². The van der Waals surface area contributed by atoms with Gasteiger partial charge in [-0.25, -0.2) is 9.37 Å². The molecule has 6 nitrogen and oxygen atoms in total. The zero-order valence-corrected chi connectivity index (χ0v) is 17.6. The highest BCUT2D eigenvalue weighted by atomic mass is 19.1. The van der Waals surface area contributed by atoms with Crippen LogP contribution in [0, 0.1) is 5.82 Å². The fraction of sp³-hybridized carbons (Fsp3) is 0.500. The molecule has 0 aliphatic carbocycles. The fourth-order valence-electron chi connectivity index (χ4n) is 3.47. The van der Waals surface area contributed by atoms with Gasteiger partial charge in [0.1, 0.15) is 17.6 Å². The van der Waals surface area contributed by atoms with Crippen LogP contribution in [0.5, 0.6) is 5.75 Å². The highest BCUT2D eigenvalue weighted by Crippen LogP contribution is 2.27. The number of alkyl halides is 1. The van der Waals surface area contributed by atoms with E-state index in [1.54, 1.807) is 4.90 Å². The van der Waals surface area contributed by atoms with Crippen LogP contribution in [-0.4, -0.2) is 55.7 Å². The third kappa shape index (κ3) is 5.23. The summed E-state index contributed by atoms with van der Waals surface area (Å²) in [5.74, 6) is 0.774. The van der Waals surface area contributed by atoms with Crippen molar-refractivity contribution in [1.29, 1.82) is 0 Å². The maximum absolute atomic E-state index is 14.2. The van der Waals surface area contributed by atoms with Gasteiger partial charge in [-0.05, 0) is 24.1 Å². The van der Waals surface area contributed by atoms with E-state index in [2.05, 4.69) is 9.97 Å². The molecule has 0 amide bonds. The van der Waals surface area contributed by atoms with Gasteiger partial charge in [-0.2, -0.15) is 4.98 Å². The van der Waals surface area contributed by atoms with Crippen LogP contribution in [-0.2, 0) is 4.79 Å². The number of anilines is 2. The second kappa shape index (κ2) is 9.82. The summed E-state index contributed by atoms with van der Waals surface area (Å²) in [5.41, 5.74) is 0.888. The number of carbonyl (C=O) groups is 1. The first-order chi connectivity index (χ1) is 14.4. The third-order valence-corrected chi connectivity index (χ3v) is 5.28. The number of hydrogen-bond donors (Lipinski definition) is 0. The van der Waals surface area contributed by atoms with Crippen molar-refractivity contribution < 1.29 is 18.3 Å². The Hall–Kier alpha value is -2.77. The van der Waals surface area contributed by atoms with Crippen molar-refractivity contribution >= 4 is 17.5 Å². The molecule has 1 saturated heterocycles. The predicted molar refractivity (Wildman–Crippen MR) is 113 cm³/mol. The number of Topliss-reactive ketones (excluding diaryl/α,β-unsaturated/α-hetero) is 1. The van der Waals surface area contributed by atoms with Gasteiger partial charge in [0, 0.05) is 39.4 Å². The van der Waals surface area contributed by atoms with Crippen LogP contribution >= 0.6 is 0 Å². The first-order valence-corrected chi connectivity index (χ1v) is 10.2. The van der Waals surface area contributed by atoms with Crippen molar-refractivity contribution in [3.8, 4) is 5.75 Å². The zero-order chi connectivity index (χ0) is 21.7. The molecule has 0 saturated carbocycles. The van der Waals surface area contributed by atoms with Crippen LogP contribution in [0.25, 0.3) is 0 Å². The van der Waals surface area contributed by atoms with Crippen LogP contribution in [0.15, 0.2) is 30.5 Å². The Morgan fingerprint density at radius 1 is 1.33 bits per heavy atom. The number of halogens is 2. The summed E-state index contributed by atoms with van der Waals surface area (Å²) in [6, 6.07) is 7.42. The topological polar surface area (TPSA) is 58.6 Å². The minimum Gasteiger partial charge on any atom is -0.489 e. The average molecular weight is 418 g/mol. The summed E-state index contributed by atoms with van der Waals surface area (Å²) in [5, 5.41) is 0. The van der Waals surface area contributed by atoms with Crippen LogP contribution < -0.4 is 14.5 Å². The molecule has 1 aliphatic heterocycles. The summed E-state index contributed by atoms with van der Waals surface area (Å²) < 4.78 is 32.6. The van der Waals surface area contributed by atoms with Crippen molar-refractivity contribution in [2.75, 3.05) is 43.7 Å². The Labute approximate surface area is 175 Å². The Balaban J connectivity index is 1.59. The molecule has 2 unspecified atom stereocenters. The van der Waals surface area contributed by atoms with E-state index in [4.69, 9.17) is 4.74 Å². The van der Waals surface area contributed by atoms with Gasteiger partial charge in [-0.1, -0.05) is 19.1 Å². The van der Waals surface area contributed by atoms with E-state index in [0.717, 1.165) is 12.0 Å². The quantitative estimate of drug-likeness (QED) is 0.618. The molecule has 2 heterocycles. The first-order valence-electron chi connectivity index (χ1n) is 10.2. The van der Waals surface area contributed by atoms with Gasteiger partial charge in [0.15, 0.2) is 11.6 Å². The lowest BCUT2D eigenvalue weighted by atomic mass is 9.94. The molecule has 30 heavy (non-hydrogen) atoms. The molecule has 1 aromatic heterocycles. The number of aromatic nitrogens is 2. The lowest BCUT2D eigenvalue weighted by molar-refractivity contribution is -0.120. The average Bonchev–Trinajstić information content (AvgIpc) is 3.20. The standard InChI is InChI=1S/C22H28F2N4O2/c1-15(20(29)5-4-11-23)16-6-8-17(9-7-16)30-18-10-12-28(14-18)21-19(24)13-25-22(26-21)27(2)3/h6-9,13,15,18H,4-5,10-12,14H2,1-3H3. The van der Waals surface area contributed by atoms with E-state index in [1.807, 2.05) is 50.2 Å². The van der Waals surface area contributed by atoms with Crippen LogP contribution in [0.2, 0.25) is 0 Å². The molecule has 162 valence electrons. The Morgan fingerprint density at radius 3 is 2.73 bits per heavy atom. The third-order valence-electron chi connectivity index (χ3n) is 5.28.